The second kappa shape index (κ2) is 4.58. The minimum atomic E-state index is 1.17. The molecule has 2 aliphatic rings. The Labute approximate surface area is 131 Å². The number of benzene rings is 3. The summed E-state index contributed by atoms with van der Waals surface area (Å²) in [7, 11) is 0. The zero-order valence-electron chi connectivity index (χ0n) is 12.6. The van der Waals surface area contributed by atoms with E-state index < -0.39 is 0 Å². The van der Waals surface area contributed by atoms with Crippen LogP contribution in [0.25, 0.3) is 22.3 Å². The highest BCUT2D eigenvalue weighted by Crippen LogP contribution is 2.45. The molecule has 0 aliphatic heterocycles. The maximum atomic E-state index is 2.37. The molecule has 5 rings (SSSR count). The molecule has 0 spiro atoms. The maximum Gasteiger partial charge on any atom is -0.00675 e. The zero-order chi connectivity index (χ0) is 14.5. The molecule has 0 heterocycles. The molecule has 0 atom stereocenters. The summed E-state index contributed by atoms with van der Waals surface area (Å²) in [4.78, 5) is 0. The first-order chi connectivity index (χ1) is 10.9. The van der Waals surface area contributed by atoms with Crippen molar-refractivity contribution in [1.29, 1.82) is 0 Å². The van der Waals surface area contributed by atoms with Crippen LogP contribution in [-0.4, -0.2) is 0 Å². The summed E-state index contributed by atoms with van der Waals surface area (Å²) in [5.41, 5.74) is 12.0. The Morgan fingerprint density at radius 1 is 0.409 bits per heavy atom. The predicted molar refractivity (Wildman–Crippen MR) is 92.1 cm³/mol. The Bertz CT molecular complexity index is 812. The summed E-state index contributed by atoms with van der Waals surface area (Å²) in [6.07, 6.45) is 4.68. The van der Waals surface area contributed by atoms with Crippen LogP contribution in [0.5, 0.6) is 0 Å². The summed E-state index contributed by atoms with van der Waals surface area (Å²) in [5, 5.41) is 0. The van der Waals surface area contributed by atoms with Gasteiger partial charge in [0.2, 0.25) is 0 Å². The number of fused-ring (bicyclic) bond motifs is 7. The van der Waals surface area contributed by atoms with Gasteiger partial charge >= 0.3 is 0 Å². The first kappa shape index (κ1) is 12.2. The molecular formula is C22H18. The lowest BCUT2D eigenvalue weighted by Gasteiger charge is -2.28. The van der Waals surface area contributed by atoms with Gasteiger partial charge in [0, 0.05) is 0 Å². The van der Waals surface area contributed by atoms with Gasteiger partial charge in [0.1, 0.15) is 0 Å². The normalized spacial score (nSPS) is 14.5. The van der Waals surface area contributed by atoms with Gasteiger partial charge in [0.05, 0.1) is 0 Å². The zero-order valence-corrected chi connectivity index (χ0v) is 12.6. The molecule has 0 unspecified atom stereocenters. The van der Waals surface area contributed by atoms with Gasteiger partial charge in [-0.3, -0.25) is 0 Å². The molecule has 3 aromatic carbocycles. The highest BCUT2D eigenvalue weighted by Gasteiger charge is 2.25. The van der Waals surface area contributed by atoms with Crippen LogP contribution in [0.2, 0.25) is 0 Å². The number of hydrogen-bond acceptors (Lipinski definition) is 0. The monoisotopic (exact) mass is 282 g/mol. The first-order valence-corrected chi connectivity index (χ1v) is 8.23. The summed E-state index contributed by atoms with van der Waals surface area (Å²) >= 11 is 0. The van der Waals surface area contributed by atoms with Gasteiger partial charge in [-0.05, 0) is 70.2 Å². The van der Waals surface area contributed by atoms with Crippen LogP contribution < -0.4 is 0 Å². The van der Waals surface area contributed by atoms with E-state index in [1.807, 2.05) is 0 Å². The van der Waals surface area contributed by atoms with E-state index in [0.29, 0.717) is 0 Å². The van der Waals surface area contributed by atoms with E-state index in [0.717, 1.165) is 0 Å². The second-order valence-corrected chi connectivity index (χ2v) is 6.45. The average molecular weight is 282 g/mol. The van der Waals surface area contributed by atoms with Crippen molar-refractivity contribution < 1.29 is 0 Å². The fourth-order valence-electron chi connectivity index (χ4n) is 4.22. The molecule has 106 valence electrons. The molecule has 0 fully saturated rings. The molecule has 0 saturated carbocycles. The van der Waals surface area contributed by atoms with Gasteiger partial charge in [0.25, 0.3) is 0 Å². The summed E-state index contributed by atoms with van der Waals surface area (Å²) in [6.45, 7) is 0. The van der Waals surface area contributed by atoms with E-state index in [9.17, 15) is 0 Å². The minimum Gasteiger partial charge on any atom is -0.0620 e. The smallest absolute Gasteiger partial charge is 0.00675 e. The minimum absolute atomic E-state index is 1.17. The van der Waals surface area contributed by atoms with E-state index in [2.05, 4.69) is 60.7 Å². The van der Waals surface area contributed by atoms with Crippen LogP contribution in [0.15, 0.2) is 60.7 Å². The van der Waals surface area contributed by atoms with Crippen LogP contribution in [0.1, 0.15) is 22.3 Å². The van der Waals surface area contributed by atoms with Crippen molar-refractivity contribution in [2.45, 2.75) is 25.7 Å². The van der Waals surface area contributed by atoms with E-state index in [4.69, 9.17) is 0 Å². The standard InChI is InChI=1S/C22H18/c1-3-7-19-15(5-1)9-11-17-13-14-18-12-10-16-6-2-4-8-20(16)22(18)21(17)19/h1-8,13-14H,9-12H2. The SMILES string of the molecule is c1ccc2c(c1)CCc1ccc3c(c1-2)-c1ccccc1CC3. The largest absolute Gasteiger partial charge is 0.0620 e. The van der Waals surface area contributed by atoms with Gasteiger partial charge in [-0.15, -0.1) is 0 Å². The predicted octanol–water partition coefficient (Wildman–Crippen LogP) is 5.22. The summed E-state index contributed by atoms with van der Waals surface area (Å²) < 4.78 is 0. The third-order valence-corrected chi connectivity index (χ3v) is 5.28. The Balaban J connectivity index is 1.88. The molecule has 0 amide bonds. The summed E-state index contributed by atoms with van der Waals surface area (Å²) in [5.74, 6) is 0. The Morgan fingerprint density at radius 3 is 1.32 bits per heavy atom. The van der Waals surface area contributed by atoms with Crippen molar-refractivity contribution in [1.82, 2.24) is 0 Å². The first-order valence-electron chi connectivity index (χ1n) is 8.23. The molecule has 3 aromatic rings. The number of rotatable bonds is 0. The van der Waals surface area contributed by atoms with Crippen LogP contribution in [0, 0.1) is 0 Å². The topological polar surface area (TPSA) is 0 Å². The molecular weight excluding hydrogens is 264 g/mol. The van der Waals surface area contributed by atoms with E-state index in [-0.39, 0.29) is 0 Å². The van der Waals surface area contributed by atoms with Crippen LogP contribution >= 0.6 is 0 Å². The second-order valence-electron chi connectivity index (χ2n) is 6.45. The van der Waals surface area contributed by atoms with Gasteiger partial charge in [-0.1, -0.05) is 60.7 Å². The molecule has 2 aliphatic carbocycles. The fourth-order valence-corrected chi connectivity index (χ4v) is 4.22. The van der Waals surface area contributed by atoms with Crippen LogP contribution in [0.4, 0.5) is 0 Å². The lowest BCUT2D eigenvalue weighted by molar-refractivity contribution is 0.916. The maximum absolute atomic E-state index is 2.37. The third-order valence-electron chi connectivity index (χ3n) is 5.28. The van der Waals surface area contributed by atoms with Crippen molar-refractivity contribution in [3.05, 3.63) is 82.9 Å². The third kappa shape index (κ3) is 1.64. The number of aryl methyl sites for hydroxylation is 4. The van der Waals surface area contributed by atoms with Crippen LogP contribution in [0.3, 0.4) is 0 Å². The van der Waals surface area contributed by atoms with Crippen molar-refractivity contribution in [3.8, 4) is 22.3 Å². The van der Waals surface area contributed by atoms with Crippen molar-refractivity contribution in [2.75, 3.05) is 0 Å². The summed E-state index contributed by atoms with van der Waals surface area (Å²) in [6, 6.07) is 22.7. The fraction of sp³-hybridized carbons (Fsp3) is 0.182. The Kier molecular flexibility index (Phi) is 2.54. The van der Waals surface area contributed by atoms with Gasteiger partial charge in [-0.2, -0.15) is 0 Å². The Morgan fingerprint density at radius 2 is 0.818 bits per heavy atom. The molecule has 22 heavy (non-hydrogen) atoms. The van der Waals surface area contributed by atoms with Crippen LogP contribution in [-0.2, 0) is 25.7 Å². The molecule has 0 N–H and O–H groups in total. The molecule has 0 bridgehead atoms. The average Bonchev–Trinajstić information content (AvgIpc) is 2.60. The van der Waals surface area contributed by atoms with Crippen molar-refractivity contribution in [3.63, 3.8) is 0 Å². The van der Waals surface area contributed by atoms with Gasteiger partial charge < -0.3 is 0 Å². The number of hydrogen-bond donors (Lipinski definition) is 0. The van der Waals surface area contributed by atoms with Crippen molar-refractivity contribution >= 4 is 0 Å². The van der Waals surface area contributed by atoms with E-state index in [1.165, 1.54) is 70.2 Å². The molecule has 0 heteroatoms. The highest BCUT2D eigenvalue weighted by molar-refractivity contribution is 5.92. The molecule has 0 radical (unpaired) electrons. The van der Waals surface area contributed by atoms with Crippen molar-refractivity contribution in [2.24, 2.45) is 0 Å². The van der Waals surface area contributed by atoms with E-state index in [1.54, 1.807) is 0 Å². The highest BCUT2D eigenvalue weighted by atomic mass is 14.3. The molecule has 0 aromatic heterocycles. The van der Waals surface area contributed by atoms with Gasteiger partial charge in [0.15, 0.2) is 0 Å². The van der Waals surface area contributed by atoms with E-state index >= 15 is 0 Å². The lowest BCUT2D eigenvalue weighted by atomic mass is 9.75. The van der Waals surface area contributed by atoms with Gasteiger partial charge in [-0.25, -0.2) is 0 Å². The molecule has 0 nitrogen and oxygen atoms in total. The quantitative estimate of drug-likeness (QED) is 0.530. The Hall–Kier alpha value is -2.34. The lowest BCUT2D eigenvalue weighted by Crippen LogP contribution is -2.11. The molecule has 0 saturated heterocycles.